The molecule has 102 valence electrons. The molecule has 1 rings (SSSR count). The van der Waals surface area contributed by atoms with Crippen LogP contribution in [0.3, 0.4) is 0 Å². The monoisotopic (exact) mass is 317 g/mol. The molecule has 18 heavy (non-hydrogen) atoms. The molecule has 0 spiro atoms. The molecule has 0 saturated carbocycles. The van der Waals surface area contributed by atoms with Gasteiger partial charge in [-0.1, -0.05) is 22.9 Å². The zero-order chi connectivity index (χ0) is 13.5. The van der Waals surface area contributed by atoms with Crippen molar-refractivity contribution in [3.8, 4) is 0 Å². The van der Waals surface area contributed by atoms with Crippen LogP contribution in [0.4, 0.5) is 5.82 Å². The number of hydrogen-bond donors (Lipinski definition) is 0. The van der Waals surface area contributed by atoms with Gasteiger partial charge in [0.1, 0.15) is 0 Å². The van der Waals surface area contributed by atoms with Gasteiger partial charge in [-0.25, -0.2) is 4.98 Å². The summed E-state index contributed by atoms with van der Waals surface area (Å²) in [5.74, 6) is 0.478. The van der Waals surface area contributed by atoms with Crippen molar-refractivity contribution >= 4 is 21.7 Å². The minimum Gasteiger partial charge on any atom is -0.383 e. The van der Waals surface area contributed by atoms with Gasteiger partial charge >= 0.3 is 0 Å². The number of halogens is 1. The van der Waals surface area contributed by atoms with Crippen molar-refractivity contribution in [3.63, 3.8) is 0 Å². The molecule has 0 aliphatic carbocycles. The Kier molecular flexibility index (Phi) is 6.35. The first-order valence-electron chi connectivity index (χ1n) is 5.99. The number of aromatic nitrogens is 2. The van der Waals surface area contributed by atoms with E-state index in [1.54, 1.807) is 24.1 Å². The minimum absolute atomic E-state index is 0.0426. The number of aryl methyl sites for hydroxylation is 1. The van der Waals surface area contributed by atoms with Gasteiger partial charge in [-0.15, -0.1) is 0 Å². The van der Waals surface area contributed by atoms with E-state index in [9.17, 15) is 4.79 Å². The summed E-state index contributed by atoms with van der Waals surface area (Å²) in [4.78, 5) is 18.3. The van der Waals surface area contributed by atoms with Crippen molar-refractivity contribution in [1.29, 1.82) is 0 Å². The van der Waals surface area contributed by atoms with Crippen LogP contribution in [0.15, 0.2) is 17.2 Å². The minimum atomic E-state index is -0.0426. The zero-order valence-electron chi connectivity index (χ0n) is 11.1. The van der Waals surface area contributed by atoms with Crippen LogP contribution in [0.25, 0.3) is 0 Å². The molecule has 1 aromatic heterocycles. The number of anilines is 1. The molecule has 6 heteroatoms. The van der Waals surface area contributed by atoms with Crippen LogP contribution in [-0.2, 0) is 11.3 Å². The molecule has 0 amide bonds. The summed E-state index contributed by atoms with van der Waals surface area (Å²) in [5.41, 5.74) is -0.0426. The van der Waals surface area contributed by atoms with Gasteiger partial charge in [-0.05, 0) is 6.42 Å². The molecule has 0 saturated heterocycles. The van der Waals surface area contributed by atoms with E-state index in [-0.39, 0.29) is 10.4 Å². The third-order valence-corrected chi connectivity index (χ3v) is 3.10. The van der Waals surface area contributed by atoms with E-state index in [0.717, 1.165) is 13.0 Å². The lowest BCUT2D eigenvalue weighted by molar-refractivity contribution is 0.201. The molecule has 0 bridgehead atoms. The van der Waals surface area contributed by atoms with Gasteiger partial charge in [0.05, 0.1) is 11.4 Å². The summed E-state index contributed by atoms with van der Waals surface area (Å²) in [7, 11) is 3.52. The van der Waals surface area contributed by atoms with Gasteiger partial charge in [0.15, 0.2) is 5.82 Å². The first-order valence-corrected chi connectivity index (χ1v) is 6.91. The highest BCUT2D eigenvalue weighted by molar-refractivity contribution is 9.09. The van der Waals surface area contributed by atoms with Gasteiger partial charge in [-0.2, -0.15) is 0 Å². The molecular formula is C12H20BrN3O2. The Bertz CT molecular complexity index is 422. The topological polar surface area (TPSA) is 47.4 Å². The third-order valence-electron chi connectivity index (χ3n) is 2.54. The van der Waals surface area contributed by atoms with Gasteiger partial charge in [0, 0.05) is 39.6 Å². The number of methoxy groups -OCH3 is 1. The fourth-order valence-electron chi connectivity index (χ4n) is 1.73. The number of hydrogen-bond acceptors (Lipinski definition) is 4. The summed E-state index contributed by atoms with van der Waals surface area (Å²) in [6.45, 7) is 4.04. The Morgan fingerprint density at radius 1 is 1.61 bits per heavy atom. The molecule has 0 N–H and O–H groups in total. The average molecular weight is 318 g/mol. The normalized spacial score (nSPS) is 12.4. The number of ether oxygens (including phenoxy) is 1. The molecule has 0 aromatic carbocycles. The van der Waals surface area contributed by atoms with Crippen molar-refractivity contribution < 1.29 is 4.74 Å². The molecule has 0 aliphatic rings. The highest BCUT2D eigenvalue weighted by Crippen LogP contribution is 2.07. The lowest BCUT2D eigenvalue weighted by atomic mass is 10.4. The lowest BCUT2D eigenvalue weighted by Crippen LogP contribution is -2.35. The van der Waals surface area contributed by atoms with E-state index in [0.29, 0.717) is 19.0 Å². The smallest absolute Gasteiger partial charge is 0.293 e. The number of nitrogens with zero attached hydrogens (tertiary/aromatic N) is 3. The zero-order valence-corrected chi connectivity index (χ0v) is 12.7. The Hall–Kier alpha value is -0.880. The summed E-state index contributed by atoms with van der Waals surface area (Å²) in [6, 6.07) is 0. The first kappa shape index (κ1) is 15.2. The van der Waals surface area contributed by atoms with Crippen LogP contribution < -0.4 is 10.5 Å². The highest BCUT2D eigenvalue weighted by atomic mass is 79.9. The van der Waals surface area contributed by atoms with E-state index in [2.05, 4.69) is 20.9 Å². The molecule has 1 aromatic rings. The molecule has 0 fully saturated rings. The SMILES string of the molecule is CCCn1ccnc(N(C)CC(Br)COC)c1=O. The number of alkyl halides is 1. The summed E-state index contributed by atoms with van der Waals surface area (Å²) in [5, 5.41) is 0. The van der Waals surface area contributed by atoms with Gasteiger partial charge in [0.25, 0.3) is 5.56 Å². The Labute approximate surface area is 116 Å². The maximum absolute atomic E-state index is 12.2. The average Bonchev–Trinajstić information content (AvgIpc) is 2.32. The van der Waals surface area contributed by atoms with Gasteiger partial charge in [0.2, 0.25) is 0 Å². The quantitative estimate of drug-likeness (QED) is 0.715. The van der Waals surface area contributed by atoms with Gasteiger partial charge in [-0.3, -0.25) is 4.79 Å². The van der Waals surface area contributed by atoms with Gasteiger partial charge < -0.3 is 14.2 Å². The molecule has 0 aliphatic heterocycles. The first-order chi connectivity index (χ1) is 8.60. The lowest BCUT2D eigenvalue weighted by Gasteiger charge is -2.21. The Morgan fingerprint density at radius 3 is 2.94 bits per heavy atom. The van der Waals surface area contributed by atoms with Crippen molar-refractivity contribution in [3.05, 3.63) is 22.7 Å². The maximum Gasteiger partial charge on any atom is 0.293 e. The summed E-state index contributed by atoms with van der Waals surface area (Å²) >= 11 is 3.51. The predicted octanol–water partition coefficient (Wildman–Crippen LogP) is 1.50. The van der Waals surface area contributed by atoms with E-state index in [4.69, 9.17) is 4.74 Å². The summed E-state index contributed by atoms with van der Waals surface area (Å²) < 4.78 is 6.75. The maximum atomic E-state index is 12.2. The largest absolute Gasteiger partial charge is 0.383 e. The van der Waals surface area contributed by atoms with Crippen molar-refractivity contribution in [2.75, 3.05) is 32.2 Å². The molecular weight excluding hydrogens is 298 g/mol. The molecule has 1 heterocycles. The standard InChI is InChI=1S/C12H20BrN3O2/c1-4-6-16-7-5-14-11(12(16)17)15(2)8-10(13)9-18-3/h5,7,10H,4,6,8-9H2,1-3H3. The van der Waals surface area contributed by atoms with Crippen molar-refractivity contribution in [2.45, 2.75) is 24.7 Å². The predicted molar refractivity (Wildman–Crippen MR) is 76.6 cm³/mol. The van der Waals surface area contributed by atoms with Crippen LogP contribution in [0.2, 0.25) is 0 Å². The Balaban J connectivity index is 2.82. The van der Waals surface area contributed by atoms with Crippen LogP contribution in [0.1, 0.15) is 13.3 Å². The van der Waals surface area contributed by atoms with E-state index >= 15 is 0 Å². The van der Waals surface area contributed by atoms with E-state index in [1.165, 1.54) is 0 Å². The second-order valence-corrected chi connectivity index (χ2v) is 5.48. The highest BCUT2D eigenvalue weighted by Gasteiger charge is 2.13. The third kappa shape index (κ3) is 4.10. The number of rotatable bonds is 7. The Morgan fingerprint density at radius 2 is 2.33 bits per heavy atom. The summed E-state index contributed by atoms with van der Waals surface area (Å²) in [6.07, 6.45) is 4.32. The van der Waals surface area contributed by atoms with Crippen LogP contribution in [0, 0.1) is 0 Å². The van der Waals surface area contributed by atoms with Crippen molar-refractivity contribution in [2.24, 2.45) is 0 Å². The fourth-order valence-corrected chi connectivity index (χ4v) is 2.43. The molecule has 0 radical (unpaired) electrons. The van der Waals surface area contributed by atoms with E-state index < -0.39 is 0 Å². The van der Waals surface area contributed by atoms with Crippen molar-refractivity contribution in [1.82, 2.24) is 9.55 Å². The molecule has 1 unspecified atom stereocenters. The second kappa shape index (κ2) is 7.53. The van der Waals surface area contributed by atoms with E-state index in [1.807, 2.05) is 18.9 Å². The van der Waals surface area contributed by atoms with Crippen LogP contribution in [-0.4, -0.2) is 41.7 Å². The van der Waals surface area contributed by atoms with Crippen LogP contribution in [0.5, 0.6) is 0 Å². The molecule has 1 atom stereocenters. The van der Waals surface area contributed by atoms with Crippen LogP contribution >= 0.6 is 15.9 Å². The second-order valence-electron chi connectivity index (χ2n) is 4.18. The molecule has 5 nitrogen and oxygen atoms in total. The fraction of sp³-hybridized carbons (Fsp3) is 0.667.